The van der Waals surface area contributed by atoms with E-state index in [2.05, 4.69) is 27.9 Å². The fourth-order valence-corrected chi connectivity index (χ4v) is 4.42. The molecule has 3 aromatic rings. The highest BCUT2D eigenvalue weighted by atomic mass is 16.5. The maximum absolute atomic E-state index is 12.9. The van der Waals surface area contributed by atoms with Gasteiger partial charge >= 0.3 is 12.1 Å². The lowest BCUT2D eigenvalue weighted by molar-refractivity contribution is -0.137. The maximum atomic E-state index is 12.9. The molecule has 1 aromatic heterocycles. The van der Waals surface area contributed by atoms with Crippen molar-refractivity contribution in [3.63, 3.8) is 0 Å². The summed E-state index contributed by atoms with van der Waals surface area (Å²) in [5.74, 6) is -1.72. The molecular formula is C26H28N4O5. The molecule has 1 heterocycles. The highest BCUT2D eigenvalue weighted by Crippen LogP contribution is 2.44. The number of carboxylic acid groups (broad SMARTS) is 1. The van der Waals surface area contributed by atoms with E-state index in [-0.39, 0.29) is 36.2 Å². The van der Waals surface area contributed by atoms with Crippen LogP contribution in [0.2, 0.25) is 0 Å². The molecule has 0 radical (unpaired) electrons. The largest absolute Gasteiger partial charge is 0.481 e. The molecule has 0 fully saturated rings. The number of nitrogens with one attached hydrogen (secondary N) is 2. The first-order valence-electron chi connectivity index (χ1n) is 11.4. The van der Waals surface area contributed by atoms with Crippen molar-refractivity contribution in [3.8, 4) is 11.1 Å². The second kappa shape index (κ2) is 10.0. The number of ether oxygens (including phenoxy) is 1. The number of carboxylic acids is 1. The van der Waals surface area contributed by atoms with Gasteiger partial charge in [0, 0.05) is 19.0 Å². The molecule has 2 amide bonds. The summed E-state index contributed by atoms with van der Waals surface area (Å²) in [4.78, 5) is 36.7. The van der Waals surface area contributed by atoms with Gasteiger partial charge in [-0.3, -0.25) is 19.6 Å². The van der Waals surface area contributed by atoms with Crippen molar-refractivity contribution in [2.75, 3.05) is 11.9 Å². The fourth-order valence-electron chi connectivity index (χ4n) is 4.42. The highest BCUT2D eigenvalue weighted by Gasteiger charge is 2.29. The number of hydrogen-bond acceptors (Lipinski definition) is 5. The van der Waals surface area contributed by atoms with Gasteiger partial charge in [-0.1, -0.05) is 62.4 Å². The van der Waals surface area contributed by atoms with Crippen LogP contribution in [0.1, 0.15) is 47.8 Å². The Hall–Kier alpha value is -4.14. The quantitative estimate of drug-likeness (QED) is 0.452. The van der Waals surface area contributed by atoms with Gasteiger partial charge in [-0.2, -0.15) is 5.10 Å². The Morgan fingerprint density at radius 3 is 2.23 bits per heavy atom. The standard InChI is InChI=1S/C26H28N4O5/c1-15(2)21(12-23(31)32)28-25(33)24-22(13-27-30(24)3)29-26(34)35-14-20-18-10-6-4-8-16(18)17-9-5-7-11-19(17)20/h4-11,13,15,20-21H,12,14H2,1-3H3,(H,28,33)(H,29,34)(H,31,32)/t21-/m1/s1. The molecule has 2 aromatic carbocycles. The predicted molar refractivity (Wildman–Crippen MR) is 130 cm³/mol. The minimum atomic E-state index is -1.01. The minimum absolute atomic E-state index is 0.0902. The van der Waals surface area contributed by atoms with Crippen LogP contribution in [-0.4, -0.2) is 45.5 Å². The molecule has 182 valence electrons. The molecule has 9 heteroatoms. The van der Waals surface area contributed by atoms with Gasteiger partial charge in [0.05, 0.1) is 18.3 Å². The van der Waals surface area contributed by atoms with Crippen molar-refractivity contribution in [1.29, 1.82) is 0 Å². The number of aryl methyl sites for hydroxylation is 1. The first-order chi connectivity index (χ1) is 16.8. The van der Waals surface area contributed by atoms with Crippen LogP contribution in [0, 0.1) is 5.92 Å². The molecule has 1 aliphatic carbocycles. The third-order valence-corrected chi connectivity index (χ3v) is 6.25. The zero-order chi connectivity index (χ0) is 25.1. The van der Waals surface area contributed by atoms with Gasteiger partial charge in [-0.25, -0.2) is 4.79 Å². The van der Waals surface area contributed by atoms with Gasteiger partial charge in [0.2, 0.25) is 0 Å². The zero-order valence-electron chi connectivity index (χ0n) is 19.8. The molecule has 35 heavy (non-hydrogen) atoms. The van der Waals surface area contributed by atoms with Gasteiger partial charge in [-0.15, -0.1) is 0 Å². The number of aliphatic carboxylic acids is 1. The molecule has 1 atom stereocenters. The van der Waals surface area contributed by atoms with Crippen LogP contribution in [0.3, 0.4) is 0 Å². The summed E-state index contributed by atoms with van der Waals surface area (Å²) in [7, 11) is 1.57. The zero-order valence-corrected chi connectivity index (χ0v) is 19.8. The van der Waals surface area contributed by atoms with E-state index in [9.17, 15) is 14.4 Å². The summed E-state index contributed by atoms with van der Waals surface area (Å²) in [5, 5.41) is 18.5. The number of rotatable bonds is 8. The number of hydrogen-bond donors (Lipinski definition) is 3. The average molecular weight is 477 g/mol. The third kappa shape index (κ3) is 5.03. The van der Waals surface area contributed by atoms with Crippen molar-refractivity contribution >= 4 is 23.7 Å². The van der Waals surface area contributed by atoms with Crippen LogP contribution >= 0.6 is 0 Å². The normalized spacial score (nSPS) is 13.1. The van der Waals surface area contributed by atoms with Gasteiger partial charge in [0.25, 0.3) is 5.91 Å². The molecule has 0 unspecified atom stereocenters. The number of carbonyl (C=O) groups is 3. The Bertz CT molecular complexity index is 1220. The maximum Gasteiger partial charge on any atom is 0.411 e. The molecule has 4 rings (SSSR count). The Balaban J connectivity index is 1.45. The summed E-state index contributed by atoms with van der Waals surface area (Å²) in [6.45, 7) is 3.79. The van der Waals surface area contributed by atoms with Gasteiger partial charge in [0.15, 0.2) is 0 Å². The van der Waals surface area contributed by atoms with Crippen LogP contribution in [-0.2, 0) is 16.6 Å². The summed E-state index contributed by atoms with van der Waals surface area (Å²) in [6, 6.07) is 15.5. The van der Waals surface area contributed by atoms with E-state index in [1.54, 1.807) is 7.05 Å². The van der Waals surface area contributed by atoms with E-state index in [1.165, 1.54) is 10.9 Å². The smallest absolute Gasteiger partial charge is 0.411 e. The van der Waals surface area contributed by atoms with E-state index >= 15 is 0 Å². The number of amides is 2. The Morgan fingerprint density at radius 1 is 1.06 bits per heavy atom. The number of fused-ring (bicyclic) bond motifs is 3. The first kappa shape index (κ1) is 24.0. The van der Waals surface area contributed by atoms with E-state index in [0.717, 1.165) is 22.3 Å². The third-order valence-electron chi connectivity index (χ3n) is 6.25. The highest BCUT2D eigenvalue weighted by molar-refractivity contribution is 6.01. The Kier molecular flexibility index (Phi) is 6.86. The van der Waals surface area contributed by atoms with E-state index in [1.807, 2.05) is 50.2 Å². The lowest BCUT2D eigenvalue weighted by Crippen LogP contribution is -2.41. The molecule has 1 aliphatic rings. The van der Waals surface area contributed by atoms with Gasteiger partial charge in [0.1, 0.15) is 12.3 Å². The molecule has 3 N–H and O–H groups in total. The number of nitrogens with zero attached hydrogens (tertiary/aromatic N) is 2. The number of benzene rings is 2. The fraction of sp³-hybridized carbons (Fsp3) is 0.308. The Labute approximate surface area is 203 Å². The van der Waals surface area contributed by atoms with Crippen LogP contribution in [0.4, 0.5) is 10.5 Å². The van der Waals surface area contributed by atoms with Crippen LogP contribution < -0.4 is 10.6 Å². The summed E-state index contributed by atoms with van der Waals surface area (Å²) in [6.07, 6.45) is 0.439. The summed E-state index contributed by atoms with van der Waals surface area (Å²) >= 11 is 0. The van der Waals surface area contributed by atoms with Crippen molar-refractivity contribution in [3.05, 3.63) is 71.5 Å². The molecule has 9 nitrogen and oxygen atoms in total. The van der Waals surface area contributed by atoms with Crippen LogP contribution in [0.5, 0.6) is 0 Å². The second-order valence-electron chi connectivity index (χ2n) is 8.90. The topological polar surface area (TPSA) is 123 Å². The van der Waals surface area contributed by atoms with Gasteiger partial charge < -0.3 is 15.2 Å². The van der Waals surface area contributed by atoms with Crippen LogP contribution in [0.25, 0.3) is 11.1 Å². The first-order valence-corrected chi connectivity index (χ1v) is 11.4. The SMILES string of the molecule is CC(C)[C@@H](CC(=O)O)NC(=O)c1c(NC(=O)OCC2c3ccccc3-c3ccccc32)cnn1C. The second-order valence-corrected chi connectivity index (χ2v) is 8.90. The number of anilines is 1. The lowest BCUT2D eigenvalue weighted by atomic mass is 9.98. The van der Waals surface area contributed by atoms with Crippen molar-refractivity contribution in [1.82, 2.24) is 15.1 Å². The molecule has 0 spiro atoms. The summed E-state index contributed by atoms with van der Waals surface area (Å²) < 4.78 is 6.89. The molecule has 0 aliphatic heterocycles. The molecule has 0 saturated heterocycles. The molecule has 0 bridgehead atoms. The van der Waals surface area contributed by atoms with Gasteiger partial charge in [-0.05, 0) is 28.2 Å². The number of aromatic nitrogens is 2. The van der Waals surface area contributed by atoms with E-state index in [4.69, 9.17) is 9.84 Å². The molecule has 0 saturated carbocycles. The van der Waals surface area contributed by atoms with E-state index < -0.39 is 24.0 Å². The van der Waals surface area contributed by atoms with Crippen molar-refractivity contribution in [2.24, 2.45) is 13.0 Å². The van der Waals surface area contributed by atoms with Crippen molar-refractivity contribution in [2.45, 2.75) is 32.2 Å². The lowest BCUT2D eigenvalue weighted by Gasteiger charge is -2.21. The number of carbonyl (C=O) groups excluding carboxylic acids is 2. The minimum Gasteiger partial charge on any atom is -0.481 e. The monoisotopic (exact) mass is 476 g/mol. The van der Waals surface area contributed by atoms with Crippen LogP contribution in [0.15, 0.2) is 54.7 Å². The Morgan fingerprint density at radius 2 is 1.66 bits per heavy atom. The molecular weight excluding hydrogens is 448 g/mol. The summed E-state index contributed by atoms with van der Waals surface area (Å²) in [5.41, 5.74) is 4.74. The van der Waals surface area contributed by atoms with Crippen molar-refractivity contribution < 1.29 is 24.2 Å². The predicted octanol–water partition coefficient (Wildman–Crippen LogP) is 4.01. The average Bonchev–Trinajstić information content (AvgIpc) is 3.34. The van der Waals surface area contributed by atoms with E-state index in [0.29, 0.717) is 0 Å².